The fraction of sp³-hybridized carbons (Fsp3) is 0.417. The molecule has 0 atom stereocenters. The number of anilines is 1. The number of amides is 1. The fourth-order valence-corrected chi connectivity index (χ4v) is 1.95. The zero-order valence-corrected chi connectivity index (χ0v) is 9.33. The van der Waals surface area contributed by atoms with Gasteiger partial charge in [-0.1, -0.05) is 0 Å². The highest BCUT2D eigenvalue weighted by atomic mass is 19.3. The number of benzene rings is 1. The quantitative estimate of drug-likeness (QED) is 0.764. The third-order valence-corrected chi connectivity index (χ3v) is 2.84. The minimum atomic E-state index is -2.76. The number of hydrogen-bond acceptors (Lipinski definition) is 2. The SMILES string of the molecule is Nc1ccc(C(=O)N2CCCC(F)(F)C2)cc1. The Bertz CT molecular complexity index is 417. The highest BCUT2D eigenvalue weighted by Gasteiger charge is 2.37. The maximum absolute atomic E-state index is 13.2. The molecule has 1 saturated heterocycles. The van der Waals surface area contributed by atoms with Gasteiger partial charge in [0.25, 0.3) is 11.8 Å². The Morgan fingerprint density at radius 2 is 1.94 bits per heavy atom. The van der Waals surface area contributed by atoms with Crippen molar-refractivity contribution in [3.8, 4) is 0 Å². The van der Waals surface area contributed by atoms with Gasteiger partial charge >= 0.3 is 0 Å². The largest absolute Gasteiger partial charge is 0.399 e. The van der Waals surface area contributed by atoms with Crippen LogP contribution >= 0.6 is 0 Å². The van der Waals surface area contributed by atoms with Gasteiger partial charge in [-0.05, 0) is 30.7 Å². The van der Waals surface area contributed by atoms with Gasteiger partial charge in [0.05, 0.1) is 6.54 Å². The van der Waals surface area contributed by atoms with Crippen molar-refractivity contribution in [3.63, 3.8) is 0 Å². The van der Waals surface area contributed by atoms with Gasteiger partial charge in [-0.3, -0.25) is 4.79 Å². The van der Waals surface area contributed by atoms with Crippen LogP contribution in [-0.2, 0) is 0 Å². The van der Waals surface area contributed by atoms with Crippen LogP contribution in [0.15, 0.2) is 24.3 Å². The fourth-order valence-electron chi connectivity index (χ4n) is 1.95. The molecule has 1 heterocycles. The Morgan fingerprint density at radius 1 is 1.29 bits per heavy atom. The van der Waals surface area contributed by atoms with E-state index in [1.54, 1.807) is 24.3 Å². The average Bonchev–Trinajstić information content (AvgIpc) is 2.28. The summed E-state index contributed by atoms with van der Waals surface area (Å²) in [6, 6.07) is 6.31. The standard InChI is InChI=1S/C12H14F2N2O/c13-12(14)6-1-7-16(8-12)11(17)9-2-4-10(15)5-3-9/h2-5H,1,6-8,15H2. The van der Waals surface area contributed by atoms with Crippen LogP contribution < -0.4 is 5.73 Å². The molecule has 3 nitrogen and oxygen atoms in total. The number of alkyl halides is 2. The monoisotopic (exact) mass is 240 g/mol. The van der Waals surface area contributed by atoms with Crippen molar-refractivity contribution in [1.29, 1.82) is 0 Å². The average molecular weight is 240 g/mol. The molecule has 2 N–H and O–H groups in total. The first-order chi connectivity index (χ1) is 7.98. The van der Waals surface area contributed by atoms with Gasteiger partial charge in [0.15, 0.2) is 0 Å². The number of rotatable bonds is 1. The Kier molecular flexibility index (Phi) is 3.00. The van der Waals surface area contributed by atoms with E-state index in [4.69, 9.17) is 5.73 Å². The van der Waals surface area contributed by atoms with Gasteiger partial charge in [0.2, 0.25) is 0 Å². The minimum Gasteiger partial charge on any atom is -0.399 e. The molecule has 1 aromatic rings. The summed E-state index contributed by atoms with van der Waals surface area (Å²) in [6.45, 7) is -0.102. The second kappa shape index (κ2) is 4.31. The topological polar surface area (TPSA) is 46.3 Å². The molecule has 0 aromatic heterocycles. The summed E-state index contributed by atoms with van der Waals surface area (Å²) < 4.78 is 26.4. The van der Waals surface area contributed by atoms with E-state index in [9.17, 15) is 13.6 Å². The summed E-state index contributed by atoms with van der Waals surface area (Å²) in [4.78, 5) is 13.2. The second-order valence-corrected chi connectivity index (χ2v) is 4.31. The molecule has 5 heteroatoms. The van der Waals surface area contributed by atoms with Gasteiger partial charge in [-0.2, -0.15) is 0 Å². The van der Waals surface area contributed by atoms with Crippen LogP contribution in [0.1, 0.15) is 23.2 Å². The number of likely N-dealkylation sites (tertiary alicyclic amines) is 1. The van der Waals surface area contributed by atoms with Crippen LogP contribution in [0, 0.1) is 0 Å². The molecule has 0 unspecified atom stereocenters. The first kappa shape index (κ1) is 11.8. The second-order valence-electron chi connectivity index (χ2n) is 4.31. The van der Waals surface area contributed by atoms with Gasteiger partial charge in [0, 0.05) is 24.2 Å². The smallest absolute Gasteiger partial charge is 0.265 e. The Morgan fingerprint density at radius 3 is 2.53 bits per heavy atom. The molecule has 1 aromatic carbocycles. The molecule has 0 saturated carbocycles. The lowest BCUT2D eigenvalue weighted by atomic mass is 10.1. The zero-order valence-electron chi connectivity index (χ0n) is 9.33. The molecular weight excluding hydrogens is 226 g/mol. The number of nitrogens with zero attached hydrogens (tertiary/aromatic N) is 1. The molecular formula is C12H14F2N2O. The number of piperidine rings is 1. The third kappa shape index (κ3) is 2.72. The maximum Gasteiger partial charge on any atom is 0.265 e. The highest BCUT2D eigenvalue weighted by molar-refractivity contribution is 5.94. The van der Waals surface area contributed by atoms with E-state index in [2.05, 4.69) is 0 Å². The van der Waals surface area contributed by atoms with E-state index in [0.717, 1.165) is 0 Å². The van der Waals surface area contributed by atoms with Gasteiger partial charge in [0.1, 0.15) is 0 Å². The lowest BCUT2D eigenvalue weighted by molar-refractivity contribution is -0.0560. The molecule has 0 bridgehead atoms. The molecule has 92 valence electrons. The van der Waals surface area contributed by atoms with E-state index in [1.165, 1.54) is 4.90 Å². The predicted molar refractivity (Wildman–Crippen MR) is 60.9 cm³/mol. The van der Waals surface area contributed by atoms with Crippen molar-refractivity contribution in [2.24, 2.45) is 0 Å². The van der Waals surface area contributed by atoms with Gasteiger partial charge in [-0.15, -0.1) is 0 Å². The zero-order chi connectivity index (χ0) is 12.5. The summed E-state index contributed by atoms with van der Waals surface area (Å²) in [5.41, 5.74) is 6.45. The maximum atomic E-state index is 13.2. The van der Waals surface area contributed by atoms with Crippen LogP contribution in [-0.4, -0.2) is 29.8 Å². The highest BCUT2D eigenvalue weighted by Crippen LogP contribution is 2.27. The molecule has 1 aliphatic heterocycles. The predicted octanol–water partition coefficient (Wildman–Crippen LogP) is 2.14. The number of carbonyl (C=O) groups is 1. The lowest BCUT2D eigenvalue weighted by Crippen LogP contribution is -2.45. The number of halogens is 2. The normalized spacial score (nSPS) is 19.1. The van der Waals surface area contributed by atoms with E-state index in [0.29, 0.717) is 24.2 Å². The third-order valence-electron chi connectivity index (χ3n) is 2.84. The van der Waals surface area contributed by atoms with Gasteiger partial charge in [-0.25, -0.2) is 8.78 Å². The van der Waals surface area contributed by atoms with Crippen LogP contribution in [0.4, 0.5) is 14.5 Å². The molecule has 1 fully saturated rings. The van der Waals surface area contributed by atoms with E-state index >= 15 is 0 Å². The number of hydrogen-bond donors (Lipinski definition) is 1. The first-order valence-corrected chi connectivity index (χ1v) is 5.51. The Hall–Kier alpha value is -1.65. The summed E-state index contributed by atoms with van der Waals surface area (Å²) in [6.07, 6.45) is 0.201. The van der Waals surface area contributed by atoms with E-state index in [1.807, 2.05) is 0 Å². The lowest BCUT2D eigenvalue weighted by Gasteiger charge is -2.32. The molecule has 0 radical (unpaired) electrons. The van der Waals surface area contributed by atoms with E-state index in [-0.39, 0.29) is 12.3 Å². The van der Waals surface area contributed by atoms with E-state index < -0.39 is 12.5 Å². The Labute approximate surface area is 98.2 Å². The van der Waals surface area contributed by atoms with Crippen molar-refractivity contribution in [2.45, 2.75) is 18.8 Å². The minimum absolute atomic E-state index is 0.140. The summed E-state index contributed by atoms with van der Waals surface area (Å²) >= 11 is 0. The van der Waals surface area contributed by atoms with Crippen molar-refractivity contribution < 1.29 is 13.6 Å². The molecule has 1 amide bonds. The molecule has 1 aliphatic rings. The van der Waals surface area contributed by atoms with Crippen LogP contribution in [0.2, 0.25) is 0 Å². The molecule has 17 heavy (non-hydrogen) atoms. The van der Waals surface area contributed by atoms with Crippen molar-refractivity contribution in [3.05, 3.63) is 29.8 Å². The number of nitrogen functional groups attached to an aromatic ring is 1. The van der Waals surface area contributed by atoms with Crippen LogP contribution in [0.3, 0.4) is 0 Å². The summed E-state index contributed by atoms with van der Waals surface area (Å²) in [7, 11) is 0. The summed E-state index contributed by atoms with van der Waals surface area (Å²) in [5.74, 6) is -3.12. The number of carbonyl (C=O) groups excluding carboxylic acids is 1. The first-order valence-electron chi connectivity index (χ1n) is 5.51. The number of nitrogens with two attached hydrogens (primary N) is 1. The molecule has 0 spiro atoms. The van der Waals surface area contributed by atoms with Crippen molar-refractivity contribution in [1.82, 2.24) is 4.90 Å². The summed E-state index contributed by atoms with van der Waals surface area (Å²) in [5, 5.41) is 0. The molecule has 2 rings (SSSR count). The molecule has 0 aliphatic carbocycles. The van der Waals surface area contributed by atoms with Crippen LogP contribution in [0.5, 0.6) is 0 Å². The van der Waals surface area contributed by atoms with Crippen LogP contribution in [0.25, 0.3) is 0 Å². The van der Waals surface area contributed by atoms with Crippen molar-refractivity contribution >= 4 is 11.6 Å². The van der Waals surface area contributed by atoms with Gasteiger partial charge < -0.3 is 10.6 Å². The van der Waals surface area contributed by atoms with Crippen molar-refractivity contribution in [2.75, 3.05) is 18.8 Å². The Balaban J connectivity index is 2.12.